The van der Waals surface area contributed by atoms with Crippen molar-refractivity contribution in [3.05, 3.63) is 82.3 Å². The van der Waals surface area contributed by atoms with Crippen LogP contribution in [0.1, 0.15) is 12.5 Å². The van der Waals surface area contributed by atoms with Crippen LogP contribution in [0.5, 0.6) is 11.5 Å². The minimum absolute atomic E-state index is 0.0391. The molecule has 0 radical (unpaired) electrons. The Morgan fingerprint density at radius 3 is 2.47 bits per heavy atom. The van der Waals surface area contributed by atoms with Crippen LogP contribution in [0.15, 0.2) is 77.0 Å². The van der Waals surface area contributed by atoms with Gasteiger partial charge in [-0.1, -0.05) is 35.0 Å². The molecule has 36 heavy (non-hydrogen) atoms. The number of nitrogens with zero attached hydrogens (tertiary/aromatic N) is 4. The van der Waals surface area contributed by atoms with Crippen molar-refractivity contribution in [3.63, 3.8) is 0 Å². The van der Waals surface area contributed by atoms with Crippen LogP contribution in [0.2, 0.25) is 10.0 Å². The number of halogens is 2. The number of aromatic nitrogens is 3. The number of phenols is 1. The Hall–Kier alpha value is -3.53. The summed E-state index contributed by atoms with van der Waals surface area (Å²) in [6.45, 7) is 2.24. The van der Waals surface area contributed by atoms with E-state index in [1.807, 2.05) is 35.8 Å². The van der Waals surface area contributed by atoms with Gasteiger partial charge in [-0.2, -0.15) is 5.10 Å². The topological polar surface area (TPSA) is 102 Å². The lowest BCUT2D eigenvalue weighted by atomic mass is 10.2. The fourth-order valence-electron chi connectivity index (χ4n) is 3.20. The summed E-state index contributed by atoms with van der Waals surface area (Å²) in [5.74, 6) is 0.730. The molecule has 184 valence electrons. The van der Waals surface area contributed by atoms with E-state index < -0.39 is 0 Å². The van der Waals surface area contributed by atoms with Gasteiger partial charge in [0.25, 0.3) is 5.91 Å². The zero-order valence-electron chi connectivity index (χ0n) is 19.1. The zero-order valence-corrected chi connectivity index (χ0v) is 21.4. The molecular formula is C25H21Cl2N5O3S. The molecule has 0 bridgehead atoms. The van der Waals surface area contributed by atoms with Crippen LogP contribution >= 0.6 is 35.0 Å². The fourth-order valence-corrected chi connectivity index (χ4v) is 4.19. The predicted octanol–water partition coefficient (Wildman–Crippen LogP) is 5.59. The summed E-state index contributed by atoms with van der Waals surface area (Å²) in [6.07, 6.45) is 1.47. The van der Waals surface area contributed by atoms with Crippen LogP contribution in [0.3, 0.4) is 0 Å². The standard InChI is InChI=1S/C25H21Cl2N5O3S/c1-2-35-22-13-16(3-12-21(22)33)14-28-29-23(34)15-36-25-31-30-24(17-4-6-18(26)7-5-17)32(25)20-10-8-19(27)9-11-20/h3-14,33H,2,15H2,1H3,(H,29,34)/b28-14+. The van der Waals surface area contributed by atoms with Gasteiger partial charge < -0.3 is 9.84 Å². The molecule has 2 N–H and O–H groups in total. The smallest absolute Gasteiger partial charge is 0.250 e. The number of hydrogen-bond acceptors (Lipinski definition) is 7. The number of hydrazone groups is 1. The number of rotatable bonds is 9. The second-order valence-corrected chi connectivity index (χ2v) is 9.18. The molecule has 8 nitrogen and oxygen atoms in total. The van der Waals surface area contributed by atoms with Crippen molar-refractivity contribution in [1.29, 1.82) is 0 Å². The molecule has 0 aliphatic carbocycles. The van der Waals surface area contributed by atoms with E-state index in [4.69, 9.17) is 27.9 Å². The van der Waals surface area contributed by atoms with E-state index in [1.54, 1.807) is 36.4 Å². The molecule has 1 aromatic heterocycles. The molecule has 1 heterocycles. The molecule has 0 spiro atoms. The number of benzene rings is 3. The van der Waals surface area contributed by atoms with E-state index in [0.29, 0.717) is 38.9 Å². The van der Waals surface area contributed by atoms with E-state index in [1.165, 1.54) is 24.0 Å². The highest BCUT2D eigenvalue weighted by Gasteiger charge is 2.17. The molecule has 0 unspecified atom stereocenters. The normalized spacial score (nSPS) is 11.1. The van der Waals surface area contributed by atoms with Gasteiger partial charge in [-0.15, -0.1) is 10.2 Å². The summed E-state index contributed by atoms with van der Waals surface area (Å²) < 4.78 is 7.21. The molecule has 4 rings (SSSR count). The van der Waals surface area contributed by atoms with E-state index in [2.05, 4.69) is 20.7 Å². The predicted molar refractivity (Wildman–Crippen MR) is 143 cm³/mol. The molecule has 4 aromatic rings. The van der Waals surface area contributed by atoms with Crippen molar-refractivity contribution in [2.24, 2.45) is 5.10 Å². The van der Waals surface area contributed by atoms with E-state index >= 15 is 0 Å². The summed E-state index contributed by atoms with van der Waals surface area (Å²) in [5, 5.41) is 24.2. The number of amides is 1. The number of thioether (sulfide) groups is 1. The van der Waals surface area contributed by atoms with E-state index in [0.717, 1.165) is 11.3 Å². The Kier molecular flexibility index (Phi) is 8.48. The summed E-state index contributed by atoms with van der Waals surface area (Å²) in [6, 6.07) is 19.3. The van der Waals surface area contributed by atoms with Crippen LogP contribution in [0, 0.1) is 0 Å². The second-order valence-electron chi connectivity index (χ2n) is 7.37. The molecule has 0 saturated carbocycles. The Morgan fingerprint density at radius 2 is 1.78 bits per heavy atom. The molecule has 0 fully saturated rings. The summed E-state index contributed by atoms with van der Waals surface area (Å²) in [5.41, 5.74) is 4.78. The Bertz CT molecular complexity index is 1380. The minimum atomic E-state index is -0.321. The number of aromatic hydroxyl groups is 1. The lowest BCUT2D eigenvalue weighted by molar-refractivity contribution is -0.118. The van der Waals surface area contributed by atoms with Gasteiger partial charge in [0.15, 0.2) is 22.5 Å². The van der Waals surface area contributed by atoms with Gasteiger partial charge in [0.2, 0.25) is 0 Å². The quantitative estimate of drug-likeness (QED) is 0.163. The van der Waals surface area contributed by atoms with Gasteiger partial charge in [-0.3, -0.25) is 9.36 Å². The third-order valence-corrected chi connectivity index (χ3v) is 6.27. The van der Waals surface area contributed by atoms with Crippen LogP contribution < -0.4 is 10.2 Å². The molecule has 0 aliphatic rings. The van der Waals surface area contributed by atoms with Gasteiger partial charge in [0.05, 0.1) is 18.6 Å². The molecule has 3 aromatic carbocycles. The van der Waals surface area contributed by atoms with Crippen molar-refractivity contribution in [2.75, 3.05) is 12.4 Å². The van der Waals surface area contributed by atoms with Crippen molar-refractivity contribution >= 4 is 47.1 Å². The van der Waals surface area contributed by atoms with E-state index in [9.17, 15) is 9.90 Å². The van der Waals surface area contributed by atoms with Gasteiger partial charge in [-0.05, 0) is 79.2 Å². The zero-order chi connectivity index (χ0) is 25.5. The lowest BCUT2D eigenvalue weighted by Crippen LogP contribution is -2.20. The Labute approximate surface area is 221 Å². The monoisotopic (exact) mass is 541 g/mol. The van der Waals surface area contributed by atoms with Gasteiger partial charge in [0.1, 0.15) is 0 Å². The Morgan fingerprint density at radius 1 is 1.08 bits per heavy atom. The molecule has 11 heteroatoms. The van der Waals surface area contributed by atoms with Crippen molar-refractivity contribution < 1.29 is 14.6 Å². The molecular weight excluding hydrogens is 521 g/mol. The first-order valence-corrected chi connectivity index (χ1v) is 12.6. The maximum atomic E-state index is 12.4. The average Bonchev–Trinajstić information content (AvgIpc) is 3.29. The van der Waals surface area contributed by atoms with Crippen molar-refractivity contribution in [3.8, 4) is 28.6 Å². The minimum Gasteiger partial charge on any atom is -0.504 e. The van der Waals surface area contributed by atoms with E-state index in [-0.39, 0.29) is 17.4 Å². The van der Waals surface area contributed by atoms with Crippen LogP contribution in [-0.2, 0) is 4.79 Å². The lowest BCUT2D eigenvalue weighted by Gasteiger charge is -2.10. The summed E-state index contributed by atoms with van der Waals surface area (Å²) in [4.78, 5) is 12.4. The van der Waals surface area contributed by atoms with Crippen LogP contribution in [0.4, 0.5) is 0 Å². The maximum Gasteiger partial charge on any atom is 0.250 e. The maximum absolute atomic E-state index is 12.4. The second kappa shape index (κ2) is 11.9. The van der Waals surface area contributed by atoms with Crippen LogP contribution in [0.25, 0.3) is 17.1 Å². The highest BCUT2D eigenvalue weighted by molar-refractivity contribution is 7.99. The largest absolute Gasteiger partial charge is 0.504 e. The Balaban J connectivity index is 1.47. The average molecular weight is 542 g/mol. The number of carbonyl (C=O) groups excluding carboxylic acids is 1. The molecule has 0 atom stereocenters. The first-order chi connectivity index (χ1) is 17.4. The third kappa shape index (κ3) is 6.37. The van der Waals surface area contributed by atoms with Crippen LogP contribution in [-0.4, -0.2) is 44.4 Å². The molecule has 0 aliphatic heterocycles. The summed E-state index contributed by atoms with van der Waals surface area (Å²) in [7, 11) is 0. The number of ether oxygens (including phenoxy) is 1. The van der Waals surface area contributed by atoms with Gasteiger partial charge in [-0.25, -0.2) is 5.43 Å². The van der Waals surface area contributed by atoms with Gasteiger partial charge >= 0.3 is 0 Å². The number of nitrogens with one attached hydrogen (secondary N) is 1. The van der Waals surface area contributed by atoms with Crippen molar-refractivity contribution in [1.82, 2.24) is 20.2 Å². The number of carbonyl (C=O) groups is 1. The van der Waals surface area contributed by atoms with Gasteiger partial charge in [0, 0.05) is 21.3 Å². The molecule has 1 amide bonds. The third-order valence-electron chi connectivity index (χ3n) is 4.84. The number of phenolic OH excluding ortho intramolecular Hbond substituents is 1. The fraction of sp³-hybridized carbons (Fsp3) is 0.120. The number of hydrogen-bond donors (Lipinski definition) is 2. The van der Waals surface area contributed by atoms with Crippen molar-refractivity contribution in [2.45, 2.75) is 12.1 Å². The first kappa shape index (κ1) is 25.6. The molecule has 0 saturated heterocycles. The highest BCUT2D eigenvalue weighted by atomic mass is 35.5. The summed E-state index contributed by atoms with van der Waals surface area (Å²) >= 11 is 13.3. The highest BCUT2D eigenvalue weighted by Crippen LogP contribution is 2.29. The first-order valence-electron chi connectivity index (χ1n) is 10.8. The SMILES string of the molecule is CCOc1cc(/C=N/NC(=O)CSc2nnc(-c3ccc(Cl)cc3)n2-c2ccc(Cl)cc2)ccc1O.